The number of rotatable bonds is 1. The third-order valence-electron chi connectivity index (χ3n) is 4.13. The normalized spacial score (nSPS) is 32.8. The van der Waals surface area contributed by atoms with Crippen molar-refractivity contribution in [2.45, 2.75) is 45.6 Å². The molecular formula is C13H24N2O. The van der Waals surface area contributed by atoms with Crippen LogP contribution in [-0.4, -0.2) is 36.5 Å². The van der Waals surface area contributed by atoms with E-state index in [1.165, 1.54) is 25.7 Å². The fourth-order valence-corrected chi connectivity index (χ4v) is 2.81. The summed E-state index contributed by atoms with van der Waals surface area (Å²) in [6.07, 6.45) is 4.75. The number of hydrogen-bond acceptors (Lipinski definition) is 2. The first-order valence-electron chi connectivity index (χ1n) is 6.70. The van der Waals surface area contributed by atoms with E-state index in [1.54, 1.807) is 0 Å². The van der Waals surface area contributed by atoms with E-state index in [1.807, 2.05) is 0 Å². The van der Waals surface area contributed by atoms with E-state index in [-0.39, 0.29) is 6.04 Å². The molecule has 0 bridgehead atoms. The van der Waals surface area contributed by atoms with Crippen LogP contribution < -0.4 is 5.32 Å². The first-order valence-corrected chi connectivity index (χ1v) is 6.70. The van der Waals surface area contributed by atoms with Gasteiger partial charge in [-0.2, -0.15) is 0 Å². The number of hydrogen-bond donors (Lipinski definition) is 1. The largest absolute Gasteiger partial charge is 0.341 e. The number of carbonyl (C=O) groups is 1. The Kier molecular flexibility index (Phi) is 3.85. The lowest BCUT2D eigenvalue weighted by molar-refractivity contribution is -0.136. The minimum Gasteiger partial charge on any atom is -0.341 e. The Labute approximate surface area is 98.6 Å². The van der Waals surface area contributed by atoms with Gasteiger partial charge in [-0.05, 0) is 44.1 Å². The van der Waals surface area contributed by atoms with Crippen LogP contribution in [0.15, 0.2) is 0 Å². The Balaban J connectivity index is 1.90. The maximum atomic E-state index is 12.3. The molecule has 0 saturated carbocycles. The van der Waals surface area contributed by atoms with Crippen molar-refractivity contribution in [2.75, 3.05) is 19.6 Å². The molecule has 2 saturated heterocycles. The van der Waals surface area contributed by atoms with Gasteiger partial charge in [0.25, 0.3) is 0 Å². The number of piperidine rings is 2. The van der Waals surface area contributed by atoms with Gasteiger partial charge >= 0.3 is 0 Å². The number of nitrogens with one attached hydrogen (secondary N) is 1. The van der Waals surface area contributed by atoms with E-state index in [2.05, 4.69) is 24.1 Å². The molecule has 0 aliphatic carbocycles. The van der Waals surface area contributed by atoms with E-state index in [0.29, 0.717) is 11.8 Å². The summed E-state index contributed by atoms with van der Waals surface area (Å²) in [5, 5.41) is 3.39. The van der Waals surface area contributed by atoms with Gasteiger partial charge in [-0.15, -0.1) is 0 Å². The highest BCUT2D eigenvalue weighted by Crippen LogP contribution is 2.21. The van der Waals surface area contributed by atoms with Crippen LogP contribution in [0.1, 0.15) is 39.5 Å². The average molecular weight is 224 g/mol. The molecule has 3 nitrogen and oxygen atoms in total. The van der Waals surface area contributed by atoms with E-state index >= 15 is 0 Å². The highest BCUT2D eigenvalue weighted by atomic mass is 16.2. The zero-order valence-electron chi connectivity index (χ0n) is 10.5. The summed E-state index contributed by atoms with van der Waals surface area (Å²) in [4.78, 5) is 14.4. The molecule has 0 spiro atoms. The SMILES string of the molecule is CC1CCN(C(=O)C2NCCCC2C)CC1. The molecule has 2 atom stereocenters. The van der Waals surface area contributed by atoms with E-state index in [9.17, 15) is 4.79 Å². The van der Waals surface area contributed by atoms with Crippen molar-refractivity contribution in [3.63, 3.8) is 0 Å². The number of nitrogens with zero attached hydrogens (tertiary/aromatic N) is 1. The molecule has 3 heteroatoms. The maximum absolute atomic E-state index is 12.3. The summed E-state index contributed by atoms with van der Waals surface area (Å²) in [5.41, 5.74) is 0. The lowest BCUT2D eigenvalue weighted by Gasteiger charge is -2.36. The third kappa shape index (κ3) is 2.57. The molecule has 2 unspecified atom stereocenters. The van der Waals surface area contributed by atoms with Crippen LogP contribution in [0.25, 0.3) is 0 Å². The van der Waals surface area contributed by atoms with Crippen LogP contribution in [0.3, 0.4) is 0 Å². The van der Waals surface area contributed by atoms with Gasteiger partial charge < -0.3 is 10.2 Å². The molecule has 2 aliphatic heterocycles. The monoisotopic (exact) mass is 224 g/mol. The quantitative estimate of drug-likeness (QED) is 0.734. The summed E-state index contributed by atoms with van der Waals surface area (Å²) >= 11 is 0. The van der Waals surface area contributed by atoms with E-state index in [4.69, 9.17) is 0 Å². The Morgan fingerprint density at radius 2 is 1.88 bits per heavy atom. The van der Waals surface area contributed by atoms with Gasteiger partial charge in [0.05, 0.1) is 6.04 Å². The zero-order chi connectivity index (χ0) is 11.5. The average Bonchev–Trinajstić information content (AvgIpc) is 2.30. The molecule has 0 aromatic carbocycles. The summed E-state index contributed by atoms with van der Waals surface area (Å²) in [6.45, 7) is 7.41. The molecule has 16 heavy (non-hydrogen) atoms. The van der Waals surface area contributed by atoms with Crippen LogP contribution in [0.4, 0.5) is 0 Å². The Hall–Kier alpha value is -0.570. The Bertz CT molecular complexity index is 246. The lowest BCUT2D eigenvalue weighted by atomic mass is 9.90. The molecule has 2 aliphatic rings. The zero-order valence-corrected chi connectivity index (χ0v) is 10.5. The lowest BCUT2D eigenvalue weighted by Crippen LogP contribution is -2.53. The summed E-state index contributed by atoms with van der Waals surface area (Å²) in [7, 11) is 0. The predicted octanol–water partition coefficient (Wildman–Crippen LogP) is 1.63. The van der Waals surface area contributed by atoms with Gasteiger partial charge in [0.2, 0.25) is 5.91 Å². The van der Waals surface area contributed by atoms with Gasteiger partial charge in [-0.1, -0.05) is 13.8 Å². The fourth-order valence-electron chi connectivity index (χ4n) is 2.81. The van der Waals surface area contributed by atoms with Crippen molar-refractivity contribution in [1.82, 2.24) is 10.2 Å². The Morgan fingerprint density at radius 1 is 1.19 bits per heavy atom. The number of carbonyl (C=O) groups excluding carboxylic acids is 1. The summed E-state index contributed by atoms with van der Waals surface area (Å²) < 4.78 is 0. The number of amides is 1. The van der Waals surface area contributed by atoms with Crippen LogP contribution >= 0.6 is 0 Å². The van der Waals surface area contributed by atoms with Gasteiger partial charge in [-0.3, -0.25) is 4.79 Å². The highest BCUT2D eigenvalue weighted by molar-refractivity contribution is 5.82. The van der Waals surface area contributed by atoms with Crippen LogP contribution in [-0.2, 0) is 4.79 Å². The molecule has 0 aromatic heterocycles. The summed E-state index contributed by atoms with van der Waals surface area (Å²) in [6, 6.07) is 0.0853. The predicted molar refractivity (Wildman–Crippen MR) is 65.2 cm³/mol. The second-order valence-electron chi connectivity index (χ2n) is 5.56. The highest BCUT2D eigenvalue weighted by Gasteiger charge is 2.32. The minimum absolute atomic E-state index is 0.0853. The molecule has 1 N–H and O–H groups in total. The number of likely N-dealkylation sites (tertiary alicyclic amines) is 1. The third-order valence-corrected chi connectivity index (χ3v) is 4.13. The molecule has 2 heterocycles. The van der Waals surface area contributed by atoms with Crippen molar-refractivity contribution in [3.8, 4) is 0 Å². The first-order chi connectivity index (χ1) is 7.68. The maximum Gasteiger partial charge on any atom is 0.239 e. The van der Waals surface area contributed by atoms with Crippen LogP contribution in [0.5, 0.6) is 0 Å². The molecule has 0 radical (unpaired) electrons. The van der Waals surface area contributed by atoms with Crippen molar-refractivity contribution in [1.29, 1.82) is 0 Å². The molecule has 1 amide bonds. The standard InChI is InChI=1S/C13H24N2O/c1-10-5-8-15(9-6-10)13(16)12-11(2)4-3-7-14-12/h10-12,14H,3-9H2,1-2H3. The van der Waals surface area contributed by atoms with Crippen LogP contribution in [0, 0.1) is 11.8 Å². The van der Waals surface area contributed by atoms with Crippen LogP contribution in [0.2, 0.25) is 0 Å². The first kappa shape index (κ1) is 11.9. The van der Waals surface area contributed by atoms with Gasteiger partial charge in [0.15, 0.2) is 0 Å². The van der Waals surface area contributed by atoms with Gasteiger partial charge in [0, 0.05) is 13.1 Å². The van der Waals surface area contributed by atoms with Gasteiger partial charge in [0.1, 0.15) is 0 Å². The smallest absolute Gasteiger partial charge is 0.239 e. The van der Waals surface area contributed by atoms with Crippen molar-refractivity contribution >= 4 is 5.91 Å². The van der Waals surface area contributed by atoms with E-state index in [0.717, 1.165) is 25.6 Å². The topological polar surface area (TPSA) is 32.3 Å². The Morgan fingerprint density at radius 3 is 2.50 bits per heavy atom. The molecule has 0 aromatic rings. The molecular weight excluding hydrogens is 200 g/mol. The molecule has 2 fully saturated rings. The fraction of sp³-hybridized carbons (Fsp3) is 0.923. The van der Waals surface area contributed by atoms with Crippen molar-refractivity contribution in [3.05, 3.63) is 0 Å². The van der Waals surface area contributed by atoms with Crippen molar-refractivity contribution in [2.24, 2.45) is 11.8 Å². The second-order valence-corrected chi connectivity index (χ2v) is 5.56. The molecule has 2 rings (SSSR count). The van der Waals surface area contributed by atoms with Crippen molar-refractivity contribution < 1.29 is 4.79 Å². The molecule has 92 valence electrons. The van der Waals surface area contributed by atoms with E-state index < -0.39 is 0 Å². The second kappa shape index (κ2) is 5.17. The minimum atomic E-state index is 0.0853. The summed E-state index contributed by atoms with van der Waals surface area (Å²) in [5.74, 6) is 1.64. The van der Waals surface area contributed by atoms with Gasteiger partial charge in [-0.25, -0.2) is 0 Å².